The lowest BCUT2D eigenvalue weighted by Gasteiger charge is -2.23. The molecule has 1 rings (SSSR count). The zero-order valence-corrected chi connectivity index (χ0v) is 9.84. The van der Waals surface area contributed by atoms with Gasteiger partial charge in [0, 0.05) is 0 Å². The molecule has 0 bridgehead atoms. The molecule has 1 aliphatic rings. The molecule has 1 fully saturated rings. The Morgan fingerprint density at radius 2 is 1.67 bits per heavy atom. The van der Waals surface area contributed by atoms with E-state index in [-0.39, 0.29) is 0 Å². The topological polar surface area (TPSA) is 6.48 Å². The van der Waals surface area contributed by atoms with E-state index in [0.717, 1.165) is 13.1 Å². The summed E-state index contributed by atoms with van der Waals surface area (Å²) in [6, 6.07) is 0. The molecule has 0 amide bonds. The second-order valence-electron chi connectivity index (χ2n) is 4.18. The molecular weight excluding hydrogens is 184 g/mol. The molecule has 0 radical (unpaired) electrons. The number of piperidine rings is 1. The van der Waals surface area contributed by atoms with Crippen molar-refractivity contribution in [1.29, 1.82) is 0 Å². The first-order valence-electron chi connectivity index (χ1n) is 5.62. The van der Waals surface area contributed by atoms with Crippen molar-refractivity contribution in [2.24, 2.45) is 0 Å². The predicted octanol–water partition coefficient (Wildman–Crippen LogP) is 1.04. The van der Waals surface area contributed by atoms with Crippen LogP contribution < -0.4 is 0 Å². The van der Waals surface area contributed by atoms with Crippen LogP contribution in [0.2, 0.25) is 0 Å². The third kappa shape index (κ3) is 6.18. The SMILES string of the molecule is CN(C)CC#CC#CCN1CCCCC1. The molecule has 0 atom stereocenters. The van der Waals surface area contributed by atoms with Crippen molar-refractivity contribution in [3.05, 3.63) is 0 Å². The Bertz CT molecular complexity index is 279. The molecule has 0 spiro atoms. The van der Waals surface area contributed by atoms with Crippen LogP contribution in [0.25, 0.3) is 0 Å². The summed E-state index contributed by atoms with van der Waals surface area (Å²) in [7, 11) is 4.02. The van der Waals surface area contributed by atoms with E-state index in [1.807, 2.05) is 19.0 Å². The smallest absolute Gasteiger partial charge is 0.0611 e. The summed E-state index contributed by atoms with van der Waals surface area (Å²) in [5.41, 5.74) is 0. The van der Waals surface area contributed by atoms with Crippen LogP contribution in [0, 0.1) is 23.7 Å². The van der Waals surface area contributed by atoms with Gasteiger partial charge >= 0.3 is 0 Å². The Morgan fingerprint density at radius 1 is 1.00 bits per heavy atom. The minimum Gasteiger partial charge on any atom is -0.298 e. The van der Waals surface area contributed by atoms with Gasteiger partial charge in [-0.05, 0) is 51.9 Å². The maximum Gasteiger partial charge on any atom is 0.0611 e. The number of likely N-dealkylation sites (tertiary alicyclic amines) is 1. The highest BCUT2D eigenvalue weighted by molar-refractivity contribution is 5.26. The third-order valence-electron chi connectivity index (χ3n) is 2.39. The highest BCUT2D eigenvalue weighted by Gasteiger charge is 2.07. The van der Waals surface area contributed by atoms with Gasteiger partial charge < -0.3 is 0 Å². The second-order valence-corrected chi connectivity index (χ2v) is 4.18. The molecule has 82 valence electrons. The molecule has 15 heavy (non-hydrogen) atoms. The molecule has 0 aromatic carbocycles. The predicted molar refractivity (Wildman–Crippen MR) is 64.4 cm³/mol. The summed E-state index contributed by atoms with van der Waals surface area (Å²) in [5, 5.41) is 0. The summed E-state index contributed by atoms with van der Waals surface area (Å²) in [5.74, 6) is 11.9. The van der Waals surface area contributed by atoms with E-state index in [2.05, 4.69) is 28.6 Å². The van der Waals surface area contributed by atoms with E-state index in [0.29, 0.717) is 0 Å². The van der Waals surface area contributed by atoms with E-state index < -0.39 is 0 Å². The Hall–Kier alpha value is -0.960. The van der Waals surface area contributed by atoms with E-state index in [1.165, 1.54) is 32.4 Å². The Kier molecular flexibility index (Phi) is 5.93. The van der Waals surface area contributed by atoms with Gasteiger partial charge in [-0.2, -0.15) is 0 Å². The van der Waals surface area contributed by atoms with Crippen molar-refractivity contribution < 1.29 is 0 Å². The van der Waals surface area contributed by atoms with E-state index in [1.54, 1.807) is 0 Å². The van der Waals surface area contributed by atoms with Crippen LogP contribution in [-0.4, -0.2) is 50.1 Å². The average Bonchev–Trinajstić information content (AvgIpc) is 2.24. The number of rotatable bonds is 2. The average molecular weight is 204 g/mol. The molecule has 1 heterocycles. The number of nitrogens with zero attached hydrogens (tertiary/aromatic N) is 2. The Labute approximate surface area is 93.6 Å². The maximum atomic E-state index is 3.11. The zero-order valence-electron chi connectivity index (χ0n) is 9.84. The quantitative estimate of drug-likeness (QED) is 0.620. The molecular formula is C13H20N2. The number of hydrogen-bond donors (Lipinski definition) is 0. The van der Waals surface area contributed by atoms with Crippen LogP contribution in [0.1, 0.15) is 19.3 Å². The van der Waals surface area contributed by atoms with Gasteiger partial charge in [0.1, 0.15) is 0 Å². The summed E-state index contributed by atoms with van der Waals surface area (Å²) < 4.78 is 0. The van der Waals surface area contributed by atoms with Crippen molar-refractivity contribution in [3.8, 4) is 23.7 Å². The minimum absolute atomic E-state index is 0.790. The van der Waals surface area contributed by atoms with Gasteiger partial charge in [-0.25, -0.2) is 0 Å². The molecule has 2 heteroatoms. The fourth-order valence-corrected chi connectivity index (χ4v) is 1.55. The summed E-state index contributed by atoms with van der Waals surface area (Å²) in [4.78, 5) is 4.45. The van der Waals surface area contributed by atoms with Gasteiger partial charge in [-0.15, -0.1) is 0 Å². The van der Waals surface area contributed by atoms with Crippen LogP contribution in [0.4, 0.5) is 0 Å². The molecule has 0 aromatic heterocycles. The standard InChI is InChI=1S/C13H20N2/c1-14(2)10-6-3-4-7-11-15-12-8-5-9-13-15/h5,8-13H2,1-2H3. The Morgan fingerprint density at radius 3 is 2.33 bits per heavy atom. The van der Waals surface area contributed by atoms with Crippen LogP contribution in [0.5, 0.6) is 0 Å². The highest BCUT2D eigenvalue weighted by atomic mass is 15.1. The molecule has 0 aromatic rings. The monoisotopic (exact) mass is 204 g/mol. The van der Waals surface area contributed by atoms with E-state index >= 15 is 0 Å². The van der Waals surface area contributed by atoms with Gasteiger partial charge in [0.15, 0.2) is 0 Å². The lowest BCUT2D eigenvalue weighted by Crippen LogP contribution is -2.29. The van der Waals surface area contributed by atoms with Crippen LogP contribution in [0.15, 0.2) is 0 Å². The molecule has 0 saturated carbocycles. The van der Waals surface area contributed by atoms with Crippen molar-refractivity contribution in [2.75, 3.05) is 40.3 Å². The summed E-state index contributed by atoms with van der Waals surface area (Å²) in [6.07, 6.45) is 4.04. The first kappa shape index (κ1) is 12.1. The lowest BCUT2D eigenvalue weighted by atomic mass is 10.1. The normalized spacial score (nSPS) is 16.5. The molecule has 0 N–H and O–H groups in total. The molecule has 0 aliphatic carbocycles. The summed E-state index contributed by atoms with van der Waals surface area (Å²) >= 11 is 0. The molecule has 1 saturated heterocycles. The van der Waals surface area contributed by atoms with Crippen LogP contribution in [0.3, 0.4) is 0 Å². The second kappa shape index (κ2) is 7.35. The summed E-state index contributed by atoms with van der Waals surface area (Å²) in [6.45, 7) is 4.09. The van der Waals surface area contributed by atoms with Gasteiger partial charge in [-0.1, -0.05) is 18.3 Å². The maximum absolute atomic E-state index is 3.11. The fraction of sp³-hybridized carbons (Fsp3) is 0.692. The van der Waals surface area contributed by atoms with Gasteiger partial charge in [0.05, 0.1) is 13.1 Å². The first-order valence-corrected chi connectivity index (χ1v) is 5.62. The molecule has 2 nitrogen and oxygen atoms in total. The minimum atomic E-state index is 0.790. The van der Waals surface area contributed by atoms with E-state index in [9.17, 15) is 0 Å². The van der Waals surface area contributed by atoms with Crippen LogP contribution in [-0.2, 0) is 0 Å². The highest BCUT2D eigenvalue weighted by Crippen LogP contribution is 2.06. The third-order valence-corrected chi connectivity index (χ3v) is 2.39. The molecule has 0 unspecified atom stereocenters. The van der Waals surface area contributed by atoms with Gasteiger partial charge in [-0.3, -0.25) is 9.80 Å². The van der Waals surface area contributed by atoms with Crippen molar-refractivity contribution in [3.63, 3.8) is 0 Å². The fourth-order valence-electron chi connectivity index (χ4n) is 1.55. The number of hydrogen-bond acceptors (Lipinski definition) is 2. The lowest BCUT2D eigenvalue weighted by molar-refractivity contribution is 0.255. The Balaban J connectivity index is 2.16. The first-order chi connectivity index (χ1) is 7.29. The van der Waals surface area contributed by atoms with Crippen molar-refractivity contribution in [1.82, 2.24) is 9.80 Å². The van der Waals surface area contributed by atoms with Gasteiger partial charge in [0.25, 0.3) is 0 Å². The largest absolute Gasteiger partial charge is 0.298 e. The molecule has 1 aliphatic heterocycles. The van der Waals surface area contributed by atoms with E-state index in [4.69, 9.17) is 0 Å². The van der Waals surface area contributed by atoms with Gasteiger partial charge in [0.2, 0.25) is 0 Å². The zero-order chi connectivity index (χ0) is 10.9. The van der Waals surface area contributed by atoms with Crippen molar-refractivity contribution in [2.45, 2.75) is 19.3 Å². The van der Waals surface area contributed by atoms with Crippen molar-refractivity contribution >= 4 is 0 Å². The van der Waals surface area contributed by atoms with Crippen LogP contribution >= 0.6 is 0 Å².